The van der Waals surface area contributed by atoms with Crippen molar-refractivity contribution >= 4 is 5.69 Å². The Bertz CT molecular complexity index is 408. The van der Waals surface area contributed by atoms with E-state index in [2.05, 4.69) is 0 Å². The van der Waals surface area contributed by atoms with Crippen molar-refractivity contribution in [2.45, 2.75) is 25.9 Å². The van der Waals surface area contributed by atoms with E-state index in [1.54, 1.807) is 20.9 Å². The molecule has 1 aromatic carbocycles. The second kappa shape index (κ2) is 4.98. The van der Waals surface area contributed by atoms with Crippen molar-refractivity contribution in [3.63, 3.8) is 0 Å². The lowest BCUT2D eigenvalue weighted by atomic mass is 10.0. The summed E-state index contributed by atoms with van der Waals surface area (Å²) in [6.45, 7) is 3.27. The van der Waals surface area contributed by atoms with Crippen LogP contribution in [0.4, 0.5) is 14.5 Å². The number of anilines is 1. The van der Waals surface area contributed by atoms with Crippen LogP contribution in [0, 0.1) is 11.6 Å². The largest absolute Gasteiger partial charge is 0.394 e. The van der Waals surface area contributed by atoms with Gasteiger partial charge in [-0.15, -0.1) is 0 Å². The monoisotopic (exact) mass is 244 g/mol. The molecule has 0 unspecified atom stereocenters. The van der Waals surface area contributed by atoms with Crippen LogP contribution in [0.5, 0.6) is 0 Å². The lowest BCUT2D eigenvalue weighted by Crippen LogP contribution is -2.45. The summed E-state index contributed by atoms with van der Waals surface area (Å²) in [5, 5.41) is 9.21. The van der Waals surface area contributed by atoms with Gasteiger partial charge in [-0.1, -0.05) is 6.07 Å². The number of likely N-dealkylation sites (N-methyl/N-ethyl adjacent to an activating group) is 1. The van der Waals surface area contributed by atoms with E-state index in [1.807, 2.05) is 0 Å². The van der Waals surface area contributed by atoms with E-state index in [9.17, 15) is 13.9 Å². The molecule has 3 nitrogen and oxygen atoms in total. The molecule has 0 heterocycles. The van der Waals surface area contributed by atoms with Gasteiger partial charge in [-0.3, -0.25) is 0 Å². The van der Waals surface area contributed by atoms with E-state index in [0.29, 0.717) is 0 Å². The first-order valence-corrected chi connectivity index (χ1v) is 5.36. The highest BCUT2D eigenvalue weighted by atomic mass is 19.2. The van der Waals surface area contributed by atoms with Crippen LogP contribution in [0.1, 0.15) is 19.4 Å². The van der Waals surface area contributed by atoms with Crippen molar-refractivity contribution in [1.29, 1.82) is 0 Å². The van der Waals surface area contributed by atoms with Crippen molar-refractivity contribution in [2.24, 2.45) is 5.73 Å². The third-order valence-corrected chi connectivity index (χ3v) is 3.02. The predicted molar refractivity (Wildman–Crippen MR) is 63.8 cm³/mol. The fourth-order valence-corrected chi connectivity index (χ4v) is 1.43. The average molecular weight is 244 g/mol. The number of aliphatic hydroxyl groups excluding tert-OH is 1. The first-order chi connectivity index (χ1) is 7.85. The van der Waals surface area contributed by atoms with E-state index in [1.165, 1.54) is 17.0 Å². The quantitative estimate of drug-likeness (QED) is 0.846. The summed E-state index contributed by atoms with van der Waals surface area (Å²) >= 11 is 0. The van der Waals surface area contributed by atoms with E-state index in [4.69, 9.17) is 5.73 Å². The molecule has 0 atom stereocenters. The molecular weight excluding hydrogens is 226 g/mol. The van der Waals surface area contributed by atoms with Gasteiger partial charge in [0.05, 0.1) is 17.8 Å². The maximum Gasteiger partial charge on any atom is 0.182 e. The molecule has 0 saturated heterocycles. The zero-order chi connectivity index (χ0) is 13.2. The minimum Gasteiger partial charge on any atom is -0.394 e. The number of halogens is 2. The molecule has 1 aromatic rings. The summed E-state index contributed by atoms with van der Waals surface area (Å²) in [6, 6.07) is 2.93. The molecule has 0 fully saturated rings. The van der Waals surface area contributed by atoms with Crippen molar-refractivity contribution in [3.05, 3.63) is 29.3 Å². The van der Waals surface area contributed by atoms with Gasteiger partial charge in [0.2, 0.25) is 0 Å². The topological polar surface area (TPSA) is 49.5 Å². The van der Waals surface area contributed by atoms with Gasteiger partial charge in [-0.05, 0) is 19.9 Å². The van der Waals surface area contributed by atoms with Crippen LogP contribution in [0.15, 0.2) is 12.1 Å². The molecule has 1 rings (SSSR count). The molecular formula is C12H18F2N2O. The molecule has 5 heteroatoms. The highest BCUT2D eigenvalue weighted by Crippen LogP contribution is 2.28. The first-order valence-electron chi connectivity index (χ1n) is 5.36. The Morgan fingerprint density at radius 2 is 1.88 bits per heavy atom. The van der Waals surface area contributed by atoms with Crippen LogP contribution in [0.3, 0.4) is 0 Å². The number of rotatable bonds is 4. The van der Waals surface area contributed by atoms with E-state index >= 15 is 0 Å². The van der Waals surface area contributed by atoms with Crippen LogP contribution in [0.2, 0.25) is 0 Å². The maximum atomic E-state index is 13.8. The van der Waals surface area contributed by atoms with Crippen molar-refractivity contribution < 1.29 is 13.9 Å². The SMILES string of the molecule is CN(c1ccc(CN)c(F)c1F)C(C)(C)CO. The molecule has 3 N–H and O–H groups in total. The van der Waals surface area contributed by atoms with Gasteiger partial charge < -0.3 is 15.7 Å². The lowest BCUT2D eigenvalue weighted by Gasteiger charge is -2.36. The highest BCUT2D eigenvalue weighted by Gasteiger charge is 2.26. The number of aliphatic hydroxyl groups is 1. The standard InChI is InChI=1S/C12H18F2N2O/c1-12(2,7-17)16(3)9-5-4-8(6-15)10(13)11(9)14/h4-5,17H,6-7,15H2,1-3H3. The highest BCUT2D eigenvalue weighted by molar-refractivity contribution is 5.51. The molecule has 17 heavy (non-hydrogen) atoms. The van der Waals surface area contributed by atoms with Crippen LogP contribution in [-0.2, 0) is 6.54 Å². The van der Waals surface area contributed by atoms with Gasteiger partial charge in [0, 0.05) is 19.2 Å². The second-order valence-electron chi connectivity index (χ2n) is 4.61. The molecule has 0 amide bonds. The molecule has 0 saturated carbocycles. The van der Waals surface area contributed by atoms with Gasteiger partial charge in [0.15, 0.2) is 11.6 Å². The molecule has 0 aromatic heterocycles. The molecule has 96 valence electrons. The number of benzene rings is 1. The molecule has 0 bridgehead atoms. The van der Waals surface area contributed by atoms with Gasteiger partial charge in [0.1, 0.15) is 0 Å². The van der Waals surface area contributed by atoms with Crippen molar-refractivity contribution in [1.82, 2.24) is 0 Å². The Balaban J connectivity index is 3.21. The Morgan fingerprint density at radius 3 is 2.35 bits per heavy atom. The van der Waals surface area contributed by atoms with Crippen molar-refractivity contribution in [2.75, 3.05) is 18.6 Å². The molecule has 0 aliphatic rings. The number of nitrogens with zero attached hydrogens (tertiary/aromatic N) is 1. The zero-order valence-electron chi connectivity index (χ0n) is 10.3. The van der Waals surface area contributed by atoms with Gasteiger partial charge in [-0.2, -0.15) is 0 Å². The summed E-state index contributed by atoms with van der Waals surface area (Å²) in [6.07, 6.45) is 0. The van der Waals surface area contributed by atoms with Gasteiger partial charge in [-0.25, -0.2) is 8.78 Å². The van der Waals surface area contributed by atoms with E-state index < -0.39 is 17.2 Å². The predicted octanol–water partition coefficient (Wildman–Crippen LogP) is 1.63. The Morgan fingerprint density at radius 1 is 1.29 bits per heavy atom. The Labute approximate surface area is 99.8 Å². The van der Waals surface area contributed by atoms with Crippen LogP contribution in [-0.4, -0.2) is 24.3 Å². The smallest absolute Gasteiger partial charge is 0.182 e. The van der Waals surface area contributed by atoms with E-state index in [-0.39, 0.29) is 24.4 Å². The van der Waals surface area contributed by atoms with Gasteiger partial charge in [0.25, 0.3) is 0 Å². The fraction of sp³-hybridized carbons (Fsp3) is 0.500. The van der Waals surface area contributed by atoms with Gasteiger partial charge >= 0.3 is 0 Å². The third kappa shape index (κ3) is 2.56. The minimum absolute atomic E-state index is 0.0455. The summed E-state index contributed by atoms with van der Waals surface area (Å²) in [5.74, 6) is -1.86. The Kier molecular flexibility index (Phi) is 4.06. The lowest BCUT2D eigenvalue weighted by molar-refractivity contribution is 0.215. The van der Waals surface area contributed by atoms with E-state index in [0.717, 1.165) is 0 Å². The van der Waals surface area contributed by atoms with Crippen LogP contribution >= 0.6 is 0 Å². The fourth-order valence-electron chi connectivity index (χ4n) is 1.43. The molecule has 0 spiro atoms. The maximum absolute atomic E-state index is 13.8. The van der Waals surface area contributed by atoms with Crippen molar-refractivity contribution in [3.8, 4) is 0 Å². The Hall–Kier alpha value is -1.20. The summed E-state index contributed by atoms with van der Waals surface area (Å²) < 4.78 is 27.4. The summed E-state index contributed by atoms with van der Waals surface area (Å²) in [7, 11) is 1.61. The minimum atomic E-state index is -0.933. The normalized spacial score (nSPS) is 11.7. The third-order valence-electron chi connectivity index (χ3n) is 3.02. The number of nitrogens with two attached hydrogens (primary N) is 1. The molecule has 0 aliphatic heterocycles. The molecule has 0 aliphatic carbocycles. The number of hydrogen-bond acceptors (Lipinski definition) is 3. The summed E-state index contributed by atoms with van der Waals surface area (Å²) in [5.41, 5.74) is 4.88. The average Bonchev–Trinajstić information content (AvgIpc) is 2.31. The summed E-state index contributed by atoms with van der Waals surface area (Å²) in [4.78, 5) is 1.51. The first kappa shape index (κ1) is 13.9. The van der Waals surface area contributed by atoms with Crippen LogP contribution < -0.4 is 10.6 Å². The zero-order valence-corrected chi connectivity index (χ0v) is 10.3. The van der Waals surface area contributed by atoms with Crippen LogP contribution in [0.25, 0.3) is 0 Å². The molecule has 0 radical (unpaired) electrons. The number of hydrogen-bond donors (Lipinski definition) is 2. The second-order valence-corrected chi connectivity index (χ2v) is 4.61.